The zero-order chi connectivity index (χ0) is 9.84. The van der Waals surface area contributed by atoms with Crippen molar-refractivity contribution in [1.29, 1.82) is 0 Å². The first-order valence-corrected chi connectivity index (χ1v) is 5.65. The van der Waals surface area contributed by atoms with Gasteiger partial charge in [-0.05, 0) is 30.9 Å². The second kappa shape index (κ2) is 5.02. The zero-order valence-electron chi connectivity index (χ0n) is 8.72. The lowest BCUT2D eigenvalue weighted by Gasteiger charge is -2.27. The Morgan fingerprint density at radius 3 is 2.85 bits per heavy atom. The van der Waals surface area contributed by atoms with Crippen LogP contribution in [0.1, 0.15) is 26.7 Å². The first-order valence-electron chi connectivity index (χ1n) is 5.11. The molecule has 1 aliphatic rings. The molecular formula is C11H20ClN. The quantitative estimate of drug-likeness (QED) is 0.500. The standard InChI is InChI=1S/C11H20ClN/c1-9(2)11-5-4-6-13(11)8-10(3)7-12/h9,11H,3-8H2,1-2H3. The summed E-state index contributed by atoms with van der Waals surface area (Å²) >= 11 is 5.73. The molecule has 1 atom stereocenters. The van der Waals surface area contributed by atoms with E-state index in [1.165, 1.54) is 19.4 Å². The third-order valence-electron chi connectivity index (χ3n) is 2.80. The van der Waals surface area contributed by atoms with E-state index in [2.05, 4.69) is 25.3 Å². The molecule has 0 spiro atoms. The van der Waals surface area contributed by atoms with E-state index in [-0.39, 0.29) is 0 Å². The van der Waals surface area contributed by atoms with E-state index in [9.17, 15) is 0 Å². The van der Waals surface area contributed by atoms with Gasteiger partial charge in [0.2, 0.25) is 0 Å². The van der Waals surface area contributed by atoms with Gasteiger partial charge in [-0.2, -0.15) is 0 Å². The number of rotatable bonds is 4. The van der Waals surface area contributed by atoms with Crippen LogP contribution >= 0.6 is 11.6 Å². The molecule has 1 unspecified atom stereocenters. The van der Waals surface area contributed by atoms with Gasteiger partial charge in [0.25, 0.3) is 0 Å². The molecule has 1 nitrogen and oxygen atoms in total. The molecule has 0 radical (unpaired) electrons. The van der Waals surface area contributed by atoms with Gasteiger partial charge in [0.05, 0.1) is 0 Å². The van der Waals surface area contributed by atoms with Crippen molar-refractivity contribution in [2.75, 3.05) is 19.0 Å². The zero-order valence-corrected chi connectivity index (χ0v) is 9.48. The van der Waals surface area contributed by atoms with E-state index in [4.69, 9.17) is 11.6 Å². The lowest BCUT2D eigenvalue weighted by molar-refractivity contribution is 0.223. The molecule has 76 valence electrons. The van der Waals surface area contributed by atoms with Crippen LogP contribution in [0.5, 0.6) is 0 Å². The smallest absolute Gasteiger partial charge is 0.0443 e. The van der Waals surface area contributed by atoms with Crippen LogP contribution in [-0.4, -0.2) is 29.9 Å². The Morgan fingerprint density at radius 2 is 2.31 bits per heavy atom. The number of likely N-dealkylation sites (tertiary alicyclic amines) is 1. The summed E-state index contributed by atoms with van der Waals surface area (Å²) in [6.45, 7) is 10.8. The van der Waals surface area contributed by atoms with Crippen molar-refractivity contribution < 1.29 is 0 Å². The van der Waals surface area contributed by atoms with Crippen molar-refractivity contribution in [3.8, 4) is 0 Å². The molecule has 1 saturated heterocycles. The minimum atomic E-state index is 0.599. The fourth-order valence-corrected chi connectivity index (χ4v) is 2.22. The van der Waals surface area contributed by atoms with Gasteiger partial charge in [0.15, 0.2) is 0 Å². The van der Waals surface area contributed by atoms with Gasteiger partial charge in [-0.3, -0.25) is 4.90 Å². The number of alkyl halides is 1. The topological polar surface area (TPSA) is 3.24 Å². The summed E-state index contributed by atoms with van der Waals surface area (Å²) < 4.78 is 0. The summed E-state index contributed by atoms with van der Waals surface area (Å²) in [6.07, 6.45) is 2.67. The van der Waals surface area contributed by atoms with Crippen molar-refractivity contribution in [3.63, 3.8) is 0 Å². The number of hydrogen-bond donors (Lipinski definition) is 0. The maximum Gasteiger partial charge on any atom is 0.0443 e. The molecule has 0 bridgehead atoms. The minimum absolute atomic E-state index is 0.599. The first kappa shape index (κ1) is 11.1. The Balaban J connectivity index is 2.44. The Bertz CT molecular complexity index is 177. The predicted molar refractivity (Wildman–Crippen MR) is 59.3 cm³/mol. The molecular weight excluding hydrogens is 182 g/mol. The fraction of sp³-hybridized carbons (Fsp3) is 0.818. The lowest BCUT2D eigenvalue weighted by Crippen LogP contribution is -2.34. The molecule has 0 N–H and O–H groups in total. The van der Waals surface area contributed by atoms with Crippen molar-refractivity contribution in [2.24, 2.45) is 5.92 Å². The molecule has 1 fully saturated rings. The average Bonchev–Trinajstić information content (AvgIpc) is 2.52. The van der Waals surface area contributed by atoms with Crippen molar-refractivity contribution in [1.82, 2.24) is 4.90 Å². The maximum atomic E-state index is 5.73. The molecule has 0 aliphatic carbocycles. The highest BCUT2D eigenvalue weighted by molar-refractivity contribution is 6.19. The highest BCUT2D eigenvalue weighted by Gasteiger charge is 2.26. The SMILES string of the molecule is C=C(CCl)CN1CCCC1C(C)C. The molecule has 0 aromatic heterocycles. The highest BCUT2D eigenvalue weighted by Crippen LogP contribution is 2.24. The first-order chi connectivity index (χ1) is 6.15. The van der Waals surface area contributed by atoms with Crippen molar-refractivity contribution >= 4 is 11.6 Å². The summed E-state index contributed by atoms with van der Waals surface area (Å²) in [5.41, 5.74) is 1.15. The van der Waals surface area contributed by atoms with Gasteiger partial charge in [-0.15, -0.1) is 11.6 Å². The number of hydrogen-bond acceptors (Lipinski definition) is 1. The van der Waals surface area contributed by atoms with Crippen LogP contribution in [0.4, 0.5) is 0 Å². The third-order valence-corrected chi connectivity index (χ3v) is 3.18. The van der Waals surface area contributed by atoms with E-state index in [1.807, 2.05) is 0 Å². The molecule has 0 saturated carbocycles. The molecule has 13 heavy (non-hydrogen) atoms. The Kier molecular flexibility index (Phi) is 4.27. The molecule has 0 amide bonds. The van der Waals surface area contributed by atoms with Crippen LogP contribution in [0.15, 0.2) is 12.2 Å². The summed E-state index contributed by atoms with van der Waals surface area (Å²) in [5.74, 6) is 1.35. The van der Waals surface area contributed by atoms with Crippen LogP contribution in [0, 0.1) is 5.92 Å². The highest BCUT2D eigenvalue weighted by atomic mass is 35.5. The van der Waals surface area contributed by atoms with Gasteiger partial charge < -0.3 is 0 Å². The van der Waals surface area contributed by atoms with Crippen LogP contribution in [0.3, 0.4) is 0 Å². The van der Waals surface area contributed by atoms with Gasteiger partial charge >= 0.3 is 0 Å². The lowest BCUT2D eigenvalue weighted by atomic mass is 10.0. The van der Waals surface area contributed by atoms with Crippen LogP contribution in [0.2, 0.25) is 0 Å². The van der Waals surface area contributed by atoms with Crippen molar-refractivity contribution in [3.05, 3.63) is 12.2 Å². The van der Waals surface area contributed by atoms with E-state index in [0.717, 1.165) is 24.1 Å². The fourth-order valence-electron chi connectivity index (χ4n) is 2.13. The van der Waals surface area contributed by atoms with Gasteiger partial charge in [-0.1, -0.05) is 20.4 Å². The van der Waals surface area contributed by atoms with Crippen LogP contribution in [-0.2, 0) is 0 Å². The molecule has 1 rings (SSSR count). The maximum absolute atomic E-state index is 5.73. The van der Waals surface area contributed by atoms with Crippen molar-refractivity contribution in [2.45, 2.75) is 32.7 Å². The Morgan fingerprint density at radius 1 is 1.62 bits per heavy atom. The summed E-state index contributed by atoms with van der Waals surface area (Å²) in [4.78, 5) is 2.52. The predicted octanol–water partition coefficient (Wildman–Crippen LogP) is 2.90. The Labute approximate surface area is 86.8 Å². The van der Waals surface area contributed by atoms with E-state index < -0.39 is 0 Å². The van der Waals surface area contributed by atoms with E-state index >= 15 is 0 Å². The molecule has 1 aliphatic heterocycles. The number of nitrogens with zero attached hydrogens (tertiary/aromatic N) is 1. The average molecular weight is 202 g/mol. The van der Waals surface area contributed by atoms with Crippen LogP contribution in [0.25, 0.3) is 0 Å². The largest absolute Gasteiger partial charge is 0.296 e. The van der Waals surface area contributed by atoms with Gasteiger partial charge in [0.1, 0.15) is 0 Å². The monoisotopic (exact) mass is 201 g/mol. The second-order valence-electron chi connectivity index (χ2n) is 4.31. The number of halogens is 1. The minimum Gasteiger partial charge on any atom is -0.296 e. The summed E-state index contributed by atoms with van der Waals surface area (Å²) in [6, 6.07) is 0.750. The molecule has 0 aromatic rings. The third kappa shape index (κ3) is 2.99. The molecule has 0 aromatic carbocycles. The van der Waals surface area contributed by atoms with Gasteiger partial charge in [0, 0.05) is 18.5 Å². The molecule has 1 heterocycles. The summed E-state index contributed by atoms with van der Waals surface area (Å²) in [5, 5.41) is 0. The van der Waals surface area contributed by atoms with E-state index in [1.54, 1.807) is 0 Å². The summed E-state index contributed by atoms with van der Waals surface area (Å²) in [7, 11) is 0. The Hall–Kier alpha value is -0.0100. The van der Waals surface area contributed by atoms with Crippen LogP contribution < -0.4 is 0 Å². The van der Waals surface area contributed by atoms with Gasteiger partial charge in [-0.25, -0.2) is 0 Å². The molecule has 2 heteroatoms. The normalized spacial score (nSPS) is 24.2. The second-order valence-corrected chi connectivity index (χ2v) is 4.57. The van der Waals surface area contributed by atoms with E-state index in [0.29, 0.717) is 5.88 Å².